The minimum absolute atomic E-state index is 0.0650. The van der Waals surface area contributed by atoms with E-state index in [9.17, 15) is 9.59 Å². The number of carbonyl (C=O) groups is 1. The van der Waals surface area contributed by atoms with Gasteiger partial charge in [0.05, 0.1) is 11.1 Å². The van der Waals surface area contributed by atoms with Gasteiger partial charge in [-0.1, -0.05) is 18.7 Å². The van der Waals surface area contributed by atoms with Crippen molar-refractivity contribution in [2.45, 2.75) is 45.2 Å². The fourth-order valence-corrected chi connectivity index (χ4v) is 5.40. The summed E-state index contributed by atoms with van der Waals surface area (Å²) in [7, 11) is 0. The molecular weight excluding hydrogens is 342 g/mol. The molecule has 0 bridgehead atoms. The topological polar surface area (TPSA) is 66.1 Å². The molecule has 1 amide bonds. The van der Waals surface area contributed by atoms with E-state index in [0.717, 1.165) is 29.5 Å². The number of aryl methyl sites for hydroxylation is 1. The second kappa shape index (κ2) is 7.27. The largest absolute Gasteiger partial charge is 0.343 e. The molecule has 5 nitrogen and oxygen atoms in total. The van der Waals surface area contributed by atoms with Crippen molar-refractivity contribution in [2.75, 3.05) is 18.8 Å². The van der Waals surface area contributed by atoms with Crippen LogP contribution in [0.2, 0.25) is 0 Å². The third-order valence-electron chi connectivity index (χ3n) is 4.59. The number of carbonyl (C=O) groups excluding carboxylic acids is 1. The molecule has 7 heteroatoms. The molecule has 1 aliphatic carbocycles. The number of hydrogen-bond acceptors (Lipinski definition) is 5. The Morgan fingerprint density at radius 1 is 1.42 bits per heavy atom. The van der Waals surface area contributed by atoms with Crippen LogP contribution in [0, 0.1) is 5.92 Å². The first kappa shape index (κ1) is 17.5. The van der Waals surface area contributed by atoms with Crippen molar-refractivity contribution >= 4 is 39.2 Å². The van der Waals surface area contributed by atoms with E-state index >= 15 is 0 Å². The number of nitrogens with zero attached hydrogens (tertiary/aromatic N) is 2. The Labute approximate surface area is 149 Å². The summed E-state index contributed by atoms with van der Waals surface area (Å²) in [5.41, 5.74) is 1.13. The summed E-state index contributed by atoms with van der Waals surface area (Å²) in [6.45, 7) is 7.60. The number of aromatic amines is 1. The Kier molecular flexibility index (Phi) is 5.30. The summed E-state index contributed by atoms with van der Waals surface area (Å²) in [5, 5.41) is 1.31. The molecule has 0 saturated carbocycles. The molecule has 2 aromatic heterocycles. The van der Waals surface area contributed by atoms with Gasteiger partial charge < -0.3 is 9.88 Å². The zero-order valence-electron chi connectivity index (χ0n) is 14.3. The molecule has 2 heterocycles. The molecule has 0 radical (unpaired) electrons. The second-order valence-corrected chi connectivity index (χ2v) is 8.31. The molecule has 0 saturated heterocycles. The molecule has 0 aromatic carbocycles. The number of nitrogens with one attached hydrogen (secondary N) is 1. The maximum absolute atomic E-state index is 12.5. The third kappa shape index (κ3) is 3.37. The number of amides is 1. The first-order chi connectivity index (χ1) is 11.5. The molecule has 1 aliphatic rings. The van der Waals surface area contributed by atoms with Crippen LogP contribution in [-0.2, 0) is 17.6 Å². The maximum atomic E-state index is 12.5. The molecule has 1 atom stereocenters. The highest BCUT2D eigenvalue weighted by molar-refractivity contribution is 7.99. The van der Waals surface area contributed by atoms with Crippen LogP contribution in [0.25, 0.3) is 10.2 Å². The van der Waals surface area contributed by atoms with Gasteiger partial charge in [0.15, 0.2) is 5.16 Å². The Balaban J connectivity index is 1.84. The lowest BCUT2D eigenvalue weighted by Gasteiger charge is -2.18. The molecule has 0 unspecified atom stereocenters. The molecule has 24 heavy (non-hydrogen) atoms. The van der Waals surface area contributed by atoms with E-state index in [-0.39, 0.29) is 11.5 Å². The predicted molar refractivity (Wildman–Crippen MR) is 100 cm³/mol. The van der Waals surface area contributed by atoms with Crippen molar-refractivity contribution < 1.29 is 4.79 Å². The van der Waals surface area contributed by atoms with Gasteiger partial charge in [-0.3, -0.25) is 9.59 Å². The molecule has 0 spiro atoms. The predicted octanol–water partition coefficient (Wildman–Crippen LogP) is 3.07. The van der Waals surface area contributed by atoms with E-state index in [0.29, 0.717) is 29.9 Å². The van der Waals surface area contributed by atoms with E-state index in [1.807, 2.05) is 13.8 Å². The Bertz CT molecular complexity index is 808. The summed E-state index contributed by atoms with van der Waals surface area (Å²) in [5.74, 6) is 1.05. The maximum Gasteiger partial charge on any atom is 0.260 e. The summed E-state index contributed by atoms with van der Waals surface area (Å²) < 4.78 is 0. The van der Waals surface area contributed by atoms with Crippen LogP contribution in [0.15, 0.2) is 9.95 Å². The van der Waals surface area contributed by atoms with Gasteiger partial charge in [0, 0.05) is 18.0 Å². The number of thioether (sulfide) groups is 1. The normalized spacial score (nSPS) is 17.0. The molecule has 1 N–H and O–H groups in total. The van der Waals surface area contributed by atoms with E-state index in [4.69, 9.17) is 0 Å². The quantitative estimate of drug-likeness (QED) is 0.653. The SMILES string of the molecule is CCN(CC)C(=O)CSc1nc2sc3c(c2c(=O)[nH]1)CC[C@H](C)C3. The number of hydrogen-bond donors (Lipinski definition) is 1. The van der Waals surface area contributed by atoms with E-state index < -0.39 is 0 Å². The lowest BCUT2D eigenvalue weighted by Crippen LogP contribution is -2.32. The van der Waals surface area contributed by atoms with Gasteiger partial charge in [-0.05, 0) is 44.6 Å². The number of fused-ring (bicyclic) bond motifs is 3. The average molecular weight is 366 g/mol. The van der Waals surface area contributed by atoms with E-state index in [1.165, 1.54) is 22.2 Å². The van der Waals surface area contributed by atoms with Crippen LogP contribution >= 0.6 is 23.1 Å². The third-order valence-corrected chi connectivity index (χ3v) is 6.60. The van der Waals surface area contributed by atoms with Crippen LogP contribution in [0.4, 0.5) is 0 Å². The highest BCUT2D eigenvalue weighted by atomic mass is 32.2. The van der Waals surface area contributed by atoms with Crippen molar-refractivity contribution in [3.8, 4) is 0 Å². The Morgan fingerprint density at radius 2 is 2.17 bits per heavy atom. The van der Waals surface area contributed by atoms with Gasteiger partial charge in [-0.15, -0.1) is 11.3 Å². The number of aromatic nitrogens is 2. The lowest BCUT2D eigenvalue weighted by molar-refractivity contribution is -0.127. The Hall–Kier alpha value is -1.34. The van der Waals surface area contributed by atoms with Crippen LogP contribution < -0.4 is 5.56 Å². The lowest BCUT2D eigenvalue weighted by atomic mass is 9.89. The van der Waals surface area contributed by atoms with Crippen molar-refractivity contribution in [3.05, 3.63) is 20.8 Å². The van der Waals surface area contributed by atoms with Crippen molar-refractivity contribution in [1.82, 2.24) is 14.9 Å². The summed E-state index contributed by atoms with van der Waals surface area (Å²) in [6, 6.07) is 0. The van der Waals surface area contributed by atoms with Gasteiger partial charge in [0.25, 0.3) is 5.56 Å². The minimum atomic E-state index is -0.0650. The molecule has 0 fully saturated rings. The first-order valence-corrected chi connectivity index (χ1v) is 10.3. The highest BCUT2D eigenvalue weighted by Gasteiger charge is 2.23. The monoisotopic (exact) mass is 365 g/mol. The summed E-state index contributed by atoms with van der Waals surface area (Å²) in [6.07, 6.45) is 3.14. The molecule has 3 rings (SSSR count). The first-order valence-electron chi connectivity index (χ1n) is 8.48. The molecule has 2 aromatic rings. The van der Waals surface area contributed by atoms with Crippen molar-refractivity contribution in [1.29, 1.82) is 0 Å². The highest BCUT2D eigenvalue weighted by Crippen LogP contribution is 2.36. The number of H-pyrrole nitrogens is 1. The van der Waals surface area contributed by atoms with Crippen molar-refractivity contribution in [3.63, 3.8) is 0 Å². The van der Waals surface area contributed by atoms with E-state index in [1.54, 1.807) is 16.2 Å². The van der Waals surface area contributed by atoms with Gasteiger partial charge in [-0.25, -0.2) is 4.98 Å². The number of thiophene rings is 1. The minimum Gasteiger partial charge on any atom is -0.343 e. The second-order valence-electron chi connectivity index (χ2n) is 6.26. The number of rotatable bonds is 5. The van der Waals surface area contributed by atoms with Gasteiger partial charge >= 0.3 is 0 Å². The van der Waals surface area contributed by atoms with Crippen LogP contribution in [-0.4, -0.2) is 39.6 Å². The van der Waals surface area contributed by atoms with E-state index in [2.05, 4.69) is 16.9 Å². The zero-order chi connectivity index (χ0) is 17.3. The molecular formula is C17H23N3O2S2. The zero-order valence-corrected chi connectivity index (χ0v) is 16.0. The van der Waals surface area contributed by atoms with Gasteiger partial charge in [0.2, 0.25) is 5.91 Å². The summed E-state index contributed by atoms with van der Waals surface area (Å²) >= 11 is 2.95. The standard InChI is InChI=1S/C17H23N3O2S2/c1-4-20(5-2)13(21)9-23-17-18-15(22)14-11-7-6-10(3)8-12(11)24-16(14)19-17/h10H,4-9H2,1-3H3,(H,18,19,22)/t10-/m0/s1. The molecule has 0 aliphatic heterocycles. The van der Waals surface area contributed by atoms with Crippen LogP contribution in [0.1, 0.15) is 37.6 Å². The fourth-order valence-electron chi connectivity index (χ4n) is 3.20. The van der Waals surface area contributed by atoms with Gasteiger partial charge in [0.1, 0.15) is 4.83 Å². The average Bonchev–Trinajstić information content (AvgIpc) is 2.91. The summed E-state index contributed by atoms with van der Waals surface area (Å²) in [4.78, 5) is 36.0. The fraction of sp³-hybridized carbons (Fsp3) is 0.588. The van der Waals surface area contributed by atoms with Crippen LogP contribution in [0.3, 0.4) is 0 Å². The molecule has 130 valence electrons. The van der Waals surface area contributed by atoms with Gasteiger partial charge in [-0.2, -0.15) is 0 Å². The smallest absolute Gasteiger partial charge is 0.260 e. The van der Waals surface area contributed by atoms with Crippen LogP contribution in [0.5, 0.6) is 0 Å². The Morgan fingerprint density at radius 3 is 2.88 bits per heavy atom. The van der Waals surface area contributed by atoms with Crippen molar-refractivity contribution in [2.24, 2.45) is 5.92 Å².